The quantitative estimate of drug-likeness (QED) is 0.465. The Morgan fingerprint density at radius 1 is 1.04 bits per heavy atom. The molecule has 5 nitrogen and oxygen atoms in total. The molecule has 0 fully saturated rings. The van der Waals surface area contributed by atoms with Gasteiger partial charge >= 0.3 is 0 Å². The Bertz CT molecular complexity index is 918. The summed E-state index contributed by atoms with van der Waals surface area (Å²) in [5.74, 6) is -1.84. The maximum Gasteiger partial charge on any atom is 0.198 e. The monoisotopic (exact) mass is 394 g/mol. The predicted octanol–water partition coefficient (Wildman–Crippen LogP) is 3.36. The van der Waals surface area contributed by atoms with Crippen molar-refractivity contribution >= 4 is 34.8 Å². The van der Waals surface area contributed by atoms with Gasteiger partial charge in [0.2, 0.25) is 0 Å². The van der Waals surface area contributed by atoms with Crippen LogP contribution in [0.15, 0.2) is 30.3 Å². The van der Waals surface area contributed by atoms with Crippen molar-refractivity contribution < 1.29 is 24.9 Å². The molecule has 0 aliphatic heterocycles. The summed E-state index contributed by atoms with van der Waals surface area (Å²) in [5.41, 5.74) is -1.29. The summed E-state index contributed by atoms with van der Waals surface area (Å²) < 4.78 is 0. The number of fused-ring (bicyclic) bond motifs is 2. The number of phenolic OH excluding ortho intramolecular Hbond substituents is 2. The van der Waals surface area contributed by atoms with E-state index >= 15 is 0 Å². The van der Waals surface area contributed by atoms with Crippen molar-refractivity contribution in [2.24, 2.45) is 0 Å². The summed E-state index contributed by atoms with van der Waals surface area (Å²) >= 11 is 11.5. The van der Waals surface area contributed by atoms with E-state index in [1.165, 1.54) is 25.1 Å². The third-order valence-corrected chi connectivity index (χ3v) is 5.54. The van der Waals surface area contributed by atoms with Crippen LogP contribution in [0.3, 0.4) is 0 Å². The molecular weight excluding hydrogens is 379 g/mol. The Morgan fingerprint density at radius 3 is 2.12 bits per heavy atom. The average molecular weight is 395 g/mol. The van der Waals surface area contributed by atoms with E-state index in [4.69, 9.17) is 23.2 Å². The van der Waals surface area contributed by atoms with Gasteiger partial charge in [-0.2, -0.15) is 0 Å². The molecule has 3 rings (SSSR count). The minimum Gasteiger partial charge on any atom is -0.507 e. The molecule has 0 bridgehead atoms. The molecule has 0 aromatic heterocycles. The highest BCUT2D eigenvalue weighted by Gasteiger charge is 2.36. The van der Waals surface area contributed by atoms with E-state index in [2.05, 4.69) is 0 Å². The van der Waals surface area contributed by atoms with Gasteiger partial charge in [0.05, 0.1) is 16.7 Å². The van der Waals surface area contributed by atoms with Gasteiger partial charge < -0.3 is 15.3 Å². The number of carbonyl (C=O) groups is 2. The third-order valence-electron chi connectivity index (χ3n) is 4.60. The fourth-order valence-corrected chi connectivity index (χ4v) is 3.22. The molecule has 3 N–H and O–H groups in total. The lowest BCUT2D eigenvalue weighted by Crippen LogP contribution is -2.32. The van der Waals surface area contributed by atoms with Crippen LogP contribution in [0.1, 0.15) is 50.8 Å². The molecule has 2 aromatic rings. The zero-order valence-electron chi connectivity index (χ0n) is 13.8. The van der Waals surface area contributed by atoms with Crippen molar-refractivity contribution in [3.63, 3.8) is 0 Å². The summed E-state index contributed by atoms with van der Waals surface area (Å²) in [4.78, 5) is 24.4. The zero-order chi connectivity index (χ0) is 19.2. The van der Waals surface area contributed by atoms with Gasteiger partial charge in [0.25, 0.3) is 0 Å². The van der Waals surface area contributed by atoms with Crippen LogP contribution in [0, 0.1) is 0 Å². The first kappa shape index (κ1) is 18.7. The van der Waals surface area contributed by atoms with Gasteiger partial charge in [0, 0.05) is 11.1 Å². The number of phenols is 2. The SMILES string of the molecule is CC(O)(CCc1cc(O)c2c(c1O)C(=O)c1ccccc1C2=O)C(Cl)Cl. The Hall–Kier alpha value is -2.08. The molecule has 1 aliphatic rings. The average Bonchev–Trinajstić information content (AvgIpc) is 2.60. The number of aryl methyl sites for hydroxylation is 1. The second kappa shape index (κ2) is 6.58. The first-order valence-corrected chi connectivity index (χ1v) is 8.79. The van der Waals surface area contributed by atoms with Crippen LogP contribution in [0.4, 0.5) is 0 Å². The second-order valence-corrected chi connectivity index (χ2v) is 7.61. The Balaban J connectivity index is 2.08. The van der Waals surface area contributed by atoms with Crippen molar-refractivity contribution in [1.29, 1.82) is 0 Å². The lowest BCUT2D eigenvalue weighted by Gasteiger charge is -2.25. The van der Waals surface area contributed by atoms with Crippen molar-refractivity contribution in [1.82, 2.24) is 0 Å². The molecule has 1 unspecified atom stereocenters. The molecule has 0 saturated heterocycles. The largest absolute Gasteiger partial charge is 0.507 e. The van der Waals surface area contributed by atoms with Crippen LogP contribution in [0.2, 0.25) is 0 Å². The van der Waals surface area contributed by atoms with E-state index in [0.29, 0.717) is 0 Å². The lowest BCUT2D eigenvalue weighted by molar-refractivity contribution is 0.0650. The molecule has 0 saturated carbocycles. The Labute approximate surface area is 159 Å². The topological polar surface area (TPSA) is 94.8 Å². The molecular formula is C19H16Cl2O5. The first-order chi connectivity index (χ1) is 12.1. The number of aromatic hydroxyl groups is 2. The number of hydrogen-bond donors (Lipinski definition) is 3. The van der Waals surface area contributed by atoms with Gasteiger partial charge in [0.15, 0.2) is 11.6 Å². The highest BCUT2D eigenvalue weighted by molar-refractivity contribution is 6.45. The van der Waals surface area contributed by atoms with Crippen molar-refractivity contribution in [3.8, 4) is 11.5 Å². The Kier molecular flexibility index (Phi) is 4.73. The van der Waals surface area contributed by atoms with Crippen LogP contribution in [0.5, 0.6) is 11.5 Å². The first-order valence-electron chi connectivity index (χ1n) is 7.92. The highest BCUT2D eigenvalue weighted by Crippen LogP contribution is 2.41. The van der Waals surface area contributed by atoms with Gasteiger partial charge in [0.1, 0.15) is 16.3 Å². The summed E-state index contributed by atoms with van der Waals surface area (Å²) in [7, 11) is 0. The maximum absolute atomic E-state index is 12.8. The number of ketones is 2. The Morgan fingerprint density at radius 2 is 1.58 bits per heavy atom. The van der Waals surface area contributed by atoms with Crippen LogP contribution in [0.25, 0.3) is 0 Å². The molecule has 0 amide bonds. The smallest absolute Gasteiger partial charge is 0.198 e. The normalized spacial score (nSPS) is 15.6. The molecule has 136 valence electrons. The maximum atomic E-state index is 12.8. The van der Waals surface area contributed by atoms with Crippen LogP contribution < -0.4 is 0 Å². The van der Waals surface area contributed by atoms with Crippen LogP contribution >= 0.6 is 23.2 Å². The summed E-state index contributed by atoms with van der Waals surface area (Å²) in [6.45, 7) is 1.44. The fourth-order valence-electron chi connectivity index (χ4n) is 3.00. The summed E-state index contributed by atoms with van der Waals surface area (Å²) in [6.07, 6.45) is 0.175. The van der Waals surface area contributed by atoms with Gasteiger partial charge in [-0.1, -0.05) is 24.3 Å². The van der Waals surface area contributed by atoms with E-state index in [9.17, 15) is 24.9 Å². The predicted molar refractivity (Wildman–Crippen MR) is 97.5 cm³/mol. The molecule has 0 heterocycles. The lowest BCUT2D eigenvalue weighted by atomic mass is 9.81. The molecule has 26 heavy (non-hydrogen) atoms. The number of benzene rings is 2. The molecule has 2 aromatic carbocycles. The molecule has 1 atom stereocenters. The molecule has 1 aliphatic carbocycles. The van der Waals surface area contributed by atoms with Crippen molar-refractivity contribution in [3.05, 3.63) is 58.1 Å². The van der Waals surface area contributed by atoms with Gasteiger partial charge in [-0.3, -0.25) is 9.59 Å². The summed E-state index contributed by atoms with van der Waals surface area (Å²) in [5, 5.41) is 31.0. The van der Waals surface area contributed by atoms with E-state index in [1.807, 2.05) is 0 Å². The standard InChI is InChI=1S/C19H16Cl2O5/c1-19(26,18(20)21)7-6-9-8-12(22)13-14(15(9)23)17(25)11-5-3-2-4-10(11)16(13)24/h2-5,8,18,22-23,26H,6-7H2,1H3. The number of rotatable bonds is 4. The van der Waals surface area contributed by atoms with Gasteiger partial charge in [-0.25, -0.2) is 0 Å². The molecule has 7 heteroatoms. The number of halogens is 2. The van der Waals surface area contributed by atoms with Crippen molar-refractivity contribution in [2.45, 2.75) is 30.2 Å². The number of carbonyl (C=O) groups excluding carboxylic acids is 2. The van der Waals surface area contributed by atoms with Crippen LogP contribution in [-0.2, 0) is 6.42 Å². The minimum absolute atomic E-state index is 0.0785. The third kappa shape index (κ3) is 2.96. The number of aliphatic hydroxyl groups is 1. The number of alkyl halides is 2. The summed E-state index contributed by atoms with van der Waals surface area (Å²) in [6, 6.07) is 7.46. The van der Waals surface area contributed by atoms with E-state index in [0.717, 1.165) is 0 Å². The van der Waals surface area contributed by atoms with Crippen LogP contribution in [-0.4, -0.2) is 37.3 Å². The van der Waals surface area contributed by atoms with E-state index in [1.54, 1.807) is 12.1 Å². The van der Waals surface area contributed by atoms with E-state index < -0.39 is 27.8 Å². The van der Waals surface area contributed by atoms with E-state index in [-0.39, 0.29) is 46.4 Å². The second-order valence-electron chi connectivity index (χ2n) is 6.52. The van der Waals surface area contributed by atoms with Crippen molar-refractivity contribution in [2.75, 3.05) is 0 Å². The zero-order valence-corrected chi connectivity index (χ0v) is 15.3. The molecule has 0 spiro atoms. The minimum atomic E-state index is -1.42. The molecule has 0 radical (unpaired) electrons. The van der Waals surface area contributed by atoms with Gasteiger partial charge in [-0.15, -0.1) is 23.2 Å². The van der Waals surface area contributed by atoms with Gasteiger partial charge in [-0.05, 0) is 31.4 Å². The fraction of sp³-hybridized carbons (Fsp3) is 0.263. The number of hydrogen-bond acceptors (Lipinski definition) is 5. The highest BCUT2D eigenvalue weighted by atomic mass is 35.5.